The number of esters is 1. The van der Waals surface area contributed by atoms with Crippen LogP contribution in [0, 0.1) is 0 Å². The van der Waals surface area contributed by atoms with Crippen molar-refractivity contribution in [2.45, 2.75) is 26.4 Å². The summed E-state index contributed by atoms with van der Waals surface area (Å²) in [6, 6.07) is 0. The molecular formula is C11H20NO4+. The Balaban J connectivity index is 5.36. The van der Waals surface area contributed by atoms with Crippen molar-refractivity contribution in [3.63, 3.8) is 0 Å². The van der Waals surface area contributed by atoms with Gasteiger partial charge in [-0.25, -0.2) is 0 Å². The lowest BCUT2D eigenvalue weighted by molar-refractivity contribution is -0.874. The van der Waals surface area contributed by atoms with Crippen LogP contribution in [0.25, 0.3) is 0 Å². The van der Waals surface area contributed by atoms with Gasteiger partial charge in [0, 0.05) is 6.92 Å². The molecule has 0 aliphatic carbocycles. The van der Waals surface area contributed by atoms with Gasteiger partial charge in [-0.05, 0) is 13.8 Å². The second kappa shape index (κ2) is 4.74. The van der Waals surface area contributed by atoms with Crippen molar-refractivity contribution in [2.75, 3.05) is 27.7 Å². The first-order valence-corrected chi connectivity index (χ1v) is 5.03. The van der Waals surface area contributed by atoms with E-state index < -0.39 is 23.1 Å². The average molecular weight is 230 g/mol. The van der Waals surface area contributed by atoms with Crippen LogP contribution in [0.2, 0.25) is 0 Å². The molecule has 0 rings (SSSR count). The molecule has 0 aromatic heterocycles. The predicted molar refractivity (Wildman–Crippen MR) is 58.8 cm³/mol. The molecule has 5 heteroatoms. The van der Waals surface area contributed by atoms with Gasteiger partial charge in [0.05, 0.1) is 21.1 Å². The molecule has 0 aliphatic rings. The number of carbonyl (C=O) groups excluding carboxylic acids is 3. The molecule has 0 atom stereocenters. The molecule has 0 amide bonds. The van der Waals surface area contributed by atoms with Gasteiger partial charge < -0.3 is 9.22 Å². The summed E-state index contributed by atoms with van der Waals surface area (Å²) in [6.45, 7) is 3.85. The Bertz CT molecular complexity index is 300. The SMILES string of the molecule is CC(=O)OC(C[N+](C)(C)C)(C(C)=O)C(C)=O. The van der Waals surface area contributed by atoms with E-state index in [1.807, 2.05) is 21.1 Å². The van der Waals surface area contributed by atoms with Gasteiger partial charge in [0.15, 0.2) is 11.6 Å². The second-order valence-electron chi connectivity index (χ2n) is 4.98. The first-order chi connectivity index (χ1) is 7.01. The fourth-order valence-corrected chi connectivity index (χ4v) is 1.56. The van der Waals surface area contributed by atoms with Crippen molar-refractivity contribution in [3.05, 3.63) is 0 Å². The van der Waals surface area contributed by atoms with Gasteiger partial charge in [0.2, 0.25) is 0 Å². The van der Waals surface area contributed by atoms with Crippen LogP contribution in [-0.2, 0) is 19.1 Å². The molecule has 0 aromatic carbocycles. The number of hydrogen-bond donors (Lipinski definition) is 0. The van der Waals surface area contributed by atoms with E-state index in [1.165, 1.54) is 20.8 Å². The first-order valence-electron chi connectivity index (χ1n) is 5.03. The molecule has 0 unspecified atom stereocenters. The van der Waals surface area contributed by atoms with E-state index in [9.17, 15) is 14.4 Å². The van der Waals surface area contributed by atoms with E-state index in [2.05, 4.69) is 0 Å². The summed E-state index contributed by atoms with van der Waals surface area (Å²) in [6.07, 6.45) is 0. The van der Waals surface area contributed by atoms with Gasteiger partial charge >= 0.3 is 5.97 Å². The largest absolute Gasteiger partial charge is 0.437 e. The van der Waals surface area contributed by atoms with Crippen LogP contribution in [0.15, 0.2) is 0 Å². The van der Waals surface area contributed by atoms with Gasteiger partial charge in [-0.2, -0.15) is 0 Å². The van der Waals surface area contributed by atoms with Gasteiger partial charge in [0.1, 0.15) is 6.54 Å². The quantitative estimate of drug-likeness (QED) is 0.384. The van der Waals surface area contributed by atoms with Crippen molar-refractivity contribution in [1.29, 1.82) is 0 Å². The molecule has 92 valence electrons. The van der Waals surface area contributed by atoms with Gasteiger partial charge in [-0.3, -0.25) is 14.4 Å². The minimum Gasteiger partial charge on any atom is -0.437 e. The van der Waals surface area contributed by atoms with Crippen molar-refractivity contribution in [3.8, 4) is 0 Å². The Hall–Kier alpha value is -1.23. The molecule has 0 N–H and O–H groups in total. The van der Waals surface area contributed by atoms with Crippen LogP contribution >= 0.6 is 0 Å². The minimum absolute atomic E-state index is 0.136. The fraction of sp³-hybridized carbons (Fsp3) is 0.727. The predicted octanol–water partition coefficient (Wildman–Crippen LogP) is 0.172. The summed E-state index contributed by atoms with van der Waals surface area (Å²) in [5.74, 6) is -1.51. The number of ether oxygens (including phenoxy) is 1. The van der Waals surface area contributed by atoms with Crippen molar-refractivity contribution >= 4 is 17.5 Å². The zero-order valence-corrected chi connectivity index (χ0v) is 10.8. The van der Waals surface area contributed by atoms with Crippen molar-refractivity contribution in [1.82, 2.24) is 0 Å². The summed E-state index contributed by atoms with van der Waals surface area (Å²) >= 11 is 0. The average Bonchev–Trinajstić information content (AvgIpc) is 1.98. The van der Waals surface area contributed by atoms with Crippen LogP contribution in [0.4, 0.5) is 0 Å². The molecule has 0 fully saturated rings. The number of rotatable bonds is 5. The maximum Gasteiger partial charge on any atom is 0.304 e. The van der Waals surface area contributed by atoms with Crippen LogP contribution in [0.1, 0.15) is 20.8 Å². The molecule has 0 saturated carbocycles. The second-order valence-corrected chi connectivity index (χ2v) is 4.98. The number of carbonyl (C=O) groups is 3. The lowest BCUT2D eigenvalue weighted by Gasteiger charge is -2.35. The molecular weight excluding hydrogens is 210 g/mol. The topological polar surface area (TPSA) is 60.4 Å². The fourth-order valence-electron chi connectivity index (χ4n) is 1.56. The highest BCUT2D eigenvalue weighted by atomic mass is 16.6. The third-order valence-corrected chi connectivity index (χ3v) is 2.15. The van der Waals surface area contributed by atoms with Crippen molar-refractivity contribution in [2.24, 2.45) is 0 Å². The first kappa shape index (κ1) is 14.8. The maximum atomic E-state index is 11.6. The van der Waals surface area contributed by atoms with Crippen LogP contribution in [0.3, 0.4) is 0 Å². The summed E-state index contributed by atoms with van der Waals surface area (Å²) in [4.78, 5) is 34.2. The standard InChI is InChI=1S/C11H20NO4/c1-8(13)11(9(2)14,16-10(3)15)7-12(4,5)6/h7H2,1-6H3/q+1. The highest BCUT2D eigenvalue weighted by molar-refractivity contribution is 6.10. The molecule has 0 aromatic rings. The van der Waals surface area contributed by atoms with E-state index in [0.717, 1.165) is 0 Å². The Morgan fingerprint density at radius 1 is 1.00 bits per heavy atom. The Morgan fingerprint density at radius 3 is 1.56 bits per heavy atom. The van der Waals surface area contributed by atoms with Gasteiger partial charge in [-0.15, -0.1) is 0 Å². The van der Waals surface area contributed by atoms with Crippen molar-refractivity contribution < 1.29 is 23.6 Å². The number of nitrogens with zero attached hydrogens (tertiary/aromatic N) is 1. The van der Waals surface area contributed by atoms with Crippen LogP contribution in [-0.4, -0.2) is 55.3 Å². The van der Waals surface area contributed by atoms with E-state index in [1.54, 1.807) is 0 Å². The van der Waals surface area contributed by atoms with Gasteiger partial charge in [-0.1, -0.05) is 0 Å². The number of ketones is 2. The third-order valence-electron chi connectivity index (χ3n) is 2.15. The molecule has 5 nitrogen and oxygen atoms in total. The van der Waals surface area contributed by atoms with E-state index >= 15 is 0 Å². The monoisotopic (exact) mass is 230 g/mol. The Labute approximate surface area is 96.0 Å². The zero-order valence-electron chi connectivity index (χ0n) is 10.8. The maximum absolute atomic E-state index is 11.6. The highest BCUT2D eigenvalue weighted by Gasteiger charge is 2.48. The highest BCUT2D eigenvalue weighted by Crippen LogP contribution is 2.18. The molecule has 0 heterocycles. The van der Waals surface area contributed by atoms with Gasteiger partial charge in [0.25, 0.3) is 5.60 Å². The van der Waals surface area contributed by atoms with E-state index in [4.69, 9.17) is 4.74 Å². The molecule has 0 radical (unpaired) electrons. The lowest BCUT2D eigenvalue weighted by Crippen LogP contribution is -2.59. The molecule has 16 heavy (non-hydrogen) atoms. The number of quaternary nitrogens is 1. The third kappa shape index (κ3) is 3.73. The summed E-state index contributed by atoms with van der Waals surface area (Å²) in [5.41, 5.74) is -1.65. The van der Waals surface area contributed by atoms with E-state index in [0.29, 0.717) is 4.48 Å². The molecule has 0 spiro atoms. The smallest absolute Gasteiger partial charge is 0.304 e. The molecule has 0 saturated heterocycles. The minimum atomic E-state index is -1.65. The van der Waals surface area contributed by atoms with E-state index in [-0.39, 0.29) is 6.54 Å². The zero-order chi connectivity index (χ0) is 13.1. The Morgan fingerprint density at radius 2 is 1.38 bits per heavy atom. The summed E-state index contributed by atoms with van der Waals surface area (Å²) in [5, 5.41) is 0. The van der Waals surface area contributed by atoms with Crippen LogP contribution < -0.4 is 0 Å². The number of Topliss-reactive ketones (excluding diaryl/α,β-unsaturated/α-hetero) is 2. The number of hydrogen-bond acceptors (Lipinski definition) is 4. The van der Waals surface area contributed by atoms with Crippen LogP contribution in [0.5, 0.6) is 0 Å². The number of likely N-dealkylation sites (N-methyl/N-ethyl adjacent to an activating group) is 1. The molecule has 0 bridgehead atoms. The summed E-state index contributed by atoms with van der Waals surface area (Å²) in [7, 11) is 5.47. The normalized spacial score (nSPS) is 12.1. The Kier molecular flexibility index (Phi) is 4.37. The molecule has 0 aliphatic heterocycles. The lowest BCUT2D eigenvalue weighted by atomic mass is 9.93. The summed E-state index contributed by atoms with van der Waals surface area (Å²) < 4.78 is 5.34.